The van der Waals surface area contributed by atoms with Crippen molar-refractivity contribution in [3.05, 3.63) is 41.7 Å². The van der Waals surface area contributed by atoms with Crippen LogP contribution >= 0.6 is 0 Å². The summed E-state index contributed by atoms with van der Waals surface area (Å²) in [4.78, 5) is 26.5. The van der Waals surface area contributed by atoms with Gasteiger partial charge in [-0.25, -0.2) is 4.79 Å². The van der Waals surface area contributed by atoms with Gasteiger partial charge < -0.3 is 20.3 Å². The van der Waals surface area contributed by atoms with Gasteiger partial charge in [-0.1, -0.05) is 0 Å². The minimum atomic E-state index is -0.262. The number of aromatic nitrogens is 2. The molecule has 2 heterocycles. The van der Waals surface area contributed by atoms with Crippen LogP contribution in [0.15, 0.2) is 30.5 Å². The van der Waals surface area contributed by atoms with E-state index >= 15 is 0 Å². The highest BCUT2D eigenvalue weighted by atomic mass is 16.5. The minimum Gasteiger partial charge on any atom is -0.497 e. The largest absolute Gasteiger partial charge is 0.497 e. The van der Waals surface area contributed by atoms with Crippen molar-refractivity contribution in [3.8, 4) is 5.75 Å². The van der Waals surface area contributed by atoms with Gasteiger partial charge in [-0.3, -0.25) is 9.89 Å². The van der Waals surface area contributed by atoms with E-state index in [1.807, 2.05) is 11.8 Å². The molecule has 0 bridgehead atoms. The van der Waals surface area contributed by atoms with Gasteiger partial charge in [-0.15, -0.1) is 0 Å². The van der Waals surface area contributed by atoms with Gasteiger partial charge in [-0.2, -0.15) is 5.10 Å². The lowest BCUT2D eigenvalue weighted by atomic mass is 9.93. The maximum atomic E-state index is 12.8. The Morgan fingerprint density at radius 3 is 2.81 bits per heavy atom. The Balaban J connectivity index is 1.70. The molecule has 27 heavy (non-hydrogen) atoms. The summed E-state index contributed by atoms with van der Waals surface area (Å²) in [6.07, 6.45) is 3.43. The number of urea groups is 1. The number of carbonyl (C=O) groups is 2. The molecule has 1 aliphatic heterocycles. The molecule has 1 aliphatic rings. The molecule has 1 aromatic heterocycles. The molecule has 3 rings (SSSR count). The summed E-state index contributed by atoms with van der Waals surface area (Å²) in [6.45, 7) is 3.71. The number of carbonyl (C=O) groups excluding carboxylic acids is 2. The summed E-state index contributed by atoms with van der Waals surface area (Å²) in [5, 5.41) is 12.6. The molecule has 1 saturated heterocycles. The Labute approximate surface area is 158 Å². The molecule has 1 aromatic carbocycles. The third-order valence-corrected chi connectivity index (χ3v) is 4.71. The Hall–Kier alpha value is -3.03. The second-order valence-corrected chi connectivity index (χ2v) is 6.50. The van der Waals surface area contributed by atoms with E-state index < -0.39 is 0 Å². The van der Waals surface area contributed by atoms with Crippen molar-refractivity contribution >= 4 is 17.6 Å². The first-order valence-electron chi connectivity index (χ1n) is 9.13. The fourth-order valence-corrected chi connectivity index (χ4v) is 3.35. The second kappa shape index (κ2) is 8.57. The van der Waals surface area contributed by atoms with Crippen molar-refractivity contribution in [2.24, 2.45) is 0 Å². The normalized spacial score (nSPS) is 16.7. The molecular formula is C19H25N5O3. The lowest BCUT2D eigenvalue weighted by Crippen LogP contribution is -2.39. The highest BCUT2D eigenvalue weighted by Crippen LogP contribution is 2.31. The van der Waals surface area contributed by atoms with E-state index in [-0.39, 0.29) is 17.9 Å². The molecule has 3 amide bonds. The van der Waals surface area contributed by atoms with Gasteiger partial charge in [0.25, 0.3) is 5.91 Å². The third kappa shape index (κ3) is 4.39. The molecule has 3 N–H and O–H groups in total. The van der Waals surface area contributed by atoms with E-state index in [1.54, 1.807) is 37.6 Å². The van der Waals surface area contributed by atoms with E-state index in [0.717, 1.165) is 24.3 Å². The number of nitrogens with one attached hydrogen (secondary N) is 3. The molecule has 2 aromatic rings. The number of aromatic amines is 1. The van der Waals surface area contributed by atoms with Gasteiger partial charge in [0.15, 0.2) is 0 Å². The van der Waals surface area contributed by atoms with Crippen LogP contribution in [0.2, 0.25) is 0 Å². The van der Waals surface area contributed by atoms with Crippen LogP contribution in [0.25, 0.3) is 0 Å². The zero-order chi connectivity index (χ0) is 19.2. The fraction of sp³-hybridized carbons (Fsp3) is 0.421. The highest BCUT2D eigenvalue weighted by molar-refractivity contribution is 5.94. The maximum absolute atomic E-state index is 12.8. The Morgan fingerprint density at radius 1 is 1.33 bits per heavy atom. The lowest BCUT2D eigenvalue weighted by Gasteiger charge is -2.32. The molecule has 1 fully saturated rings. The lowest BCUT2D eigenvalue weighted by molar-refractivity contribution is 0.0706. The first-order valence-corrected chi connectivity index (χ1v) is 9.13. The van der Waals surface area contributed by atoms with Crippen LogP contribution < -0.4 is 15.4 Å². The summed E-state index contributed by atoms with van der Waals surface area (Å²) >= 11 is 0. The maximum Gasteiger partial charge on any atom is 0.319 e. The minimum absolute atomic E-state index is 0.0000959. The first kappa shape index (κ1) is 18.8. The number of hydrogen-bond donors (Lipinski definition) is 3. The molecule has 0 aliphatic carbocycles. The van der Waals surface area contributed by atoms with E-state index in [0.29, 0.717) is 30.9 Å². The van der Waals surface area contributed by atoms with E-state index in [2.05, 4.69) is 20.8 Å². The predicted octanol–water partition coefficient (Wildman–Crippen LogP) is 2.58. The number of rotatable bonds is 5. The summed E-state index contributed by atoms with van der Waals surface area (Å²) in [5.74, 6) is 0.821. The van der Waals surface area contributed by atoms with Crippen LogP contribution in [0.3, 0.4) is 0 Å². The van der Waals surface area contributed by atoms with Crippen molar-refractivity contribution in [1.82, 2.24) is 20.4 Å². The van der Waals surface area contributed by atoms with Crippen LogP contribution in [-0.2, 0) is 0 Å². The summed E-state index contributed by atoms with van der Waals surface area (Å²) in [7, 11) is 1.60. The third-order valence-electron chi connectivity index (χ3n) is 4.71. The van der Waals surface area contributed by atoms with Gasteiger partial charge in [0.1, 0.15) is 5.75 Å². The average Bonchev–Trinajstić information content (AvgIpc) is 3.16. The molecule has 8 nitrogen and oxygen atoms in total. The number of H-pyrrole nitrogens is 1. The number of benzene rings is 1. The number of hydrogen-bond acceptors (Lipinski definition) is 4. The van der Waals surface area contributed by atoms with Crippen LogP contribution in [-0.4, -0.2) is 53.8 Å². The quantitative estimate of drug-likeness (QED) is 0.752. The predicted molar refractivity (Wildman–Crippen MR) is 102 cm³/mol. The van der Waals surface area contributed by atoms with Gasteiger partial charge in [0.2, 0.25) is 0 Å². The fourth-order valence-electron chi connectivity index (χ4n) is 3.35. The Bertz CT molecular complexity index is 787. The Morgan fingerprint density at radius 2 is 2.11 bits per heavy atom. The van der Waals surface area contributed by atoms with E-state index in [1.165, 1.54) is 0 Å². The van der Waals surface area contributed by atoms with Crippen molar-refractivity contribution < 1.29 is 14.3 Å². The van der Waals surface area contributed by atoms with Crippen LogP contribution in [0.5, 0.6) is 5.75 Å². The number of piperidine rings is 1. The zero-order valence-electron chi connectivity index (χ0n) is 15.6. The zero-order valence-corrected chi connectivity index (χ0v) is 15.6. The number of methoxy groups -OCH3 is 1. The molecule has 0 spiro atoms. The Kier molecular flexibility index (Phi) is 5.95. The van der Waals surface area contributed by atoms with Crippen molar-refractivity contribution in [3.63, 3.8) is 0 Å². The summed E-state index contributed by atoms with van der Waals surface area (Å²) in [6, 6.07) is 6.88. The standard InChI is InChI=1S/C19H25N5O3/c1-3-20-19(26)22-16-11-21-23-17(16)14-5-4-10-24(12-14)18(25)13-6-8-15(27-2)9-7-13/h6-9,11,14H,3-5,10,12H2,1-2H3,(H,21,23)(H2,20,22,26)/t14-/m1/s1. The average molecular weight is 371 g/mol. The number of amides is 3. The number of nitrogens with zero attached hydrogens (tertiary/aromatic N) is 2. The molecular weight excluding hydrogens is 346 g/mol. The van der Waals surface area contributed by atoms with Gasteiger partial charge in [0.05, 0.1) is 24.7 Å². The molecule has 8 heteroatoms. The first-order chi connectivity index (χ1) is 13.1. The van der Waals surface area contributed by atoms with Gasteiger partial charge >= 0.3 is 6.03 Å². The smallest absolute Gasteiger partial charge is 0.319 e. The van der Waals surface area contributed by atoms with Crippen LogP contribution in [0.1, 0.15) is 41.7 Å². The molecule has 0 radical (unpaired) electrons. The summed E-state index contributed by atoms with van der Waals surface area (Å²) in [5.41, 5.74) is 2.15. The van der Waals surface area contributed by atoms with Crippen molar-refractivity contribution in [2.75, 3.05) is 32.1 Å². The SMILES string of the molecule is CCNC(=O)Nc1cn[nH]c1[C@@H]1CCCN(C(=O)c2ccc(OC)cc2)C1. The van der Waals surface area contributed by atoms with Crippen LogP contribution in [0.4, 0.5) is 10.5 Å². The van der Waals surface area contributed by atoms with E-state index in [4.69, 9.17) is 4.74 Å². The molecule has 1 atom stereocenters. The molecule has 0 saturated carbocycles. The van der Waals surface area contributed by atoms with Gasteiger partial charge in [0, 0.05) is 31.1 Å². The molecule has 0 unspecified atom stereocenters. The van der Waals surface area contributed by atoms with Crippen LogP contribution in [0, 0.1) is 0 Å². The van der Waals surface area contributed by atoms with Gasteiger partial charge in [-0.05, 0) is 44.0 Å². The molecule has 144 valence electrons. The van der Waals surface area contributed by atoms with E-state index in [9.17, 15) is 9.59 Å². The monoisotopic (exact) mass is 371 g/mol. The second-order valence-electron chi connectivity index (χ2n) is 6.50. The van der Waals surface area contributed by atoms with Crippen molar-refractivity contribution in [2.45, 2.75) is 25.7 Å². The number of ether oxygens (including phenoxy) is 1. The number of likely N-dealkylation sites (tertiary alicyclic amines) is 1. The summed E-state index contributed by atoms with van der Waals surface area (Å²) < 4.78 is 5.15. The topological polar surface area (TPSA) is 99.4 Å². The van der Waals surface area contributed by atoms with Crippen molar-refractivity contribution in [1.29, 1.82) is 0 Å². The number of anilines is 1. The highest BCUT2D eigenvalue weighted by Gasteiger charge is 2.28.